The van der Waals surface area contributed by atoms with Crippen molar-refractivity contribution in [3.8, 4) is 83.6 Å². The molecule has 0 N–H and O–H groups in total. The molecule has 0 bridgehead atoms. The summed E-state index contributed by atoms with van der Waals surface area (Å²) in [6.07, 6.45) is 0. The summed E-state index contributed by atoms with van der Waals surface area (Å²) in [5, 5.41) is 2.45. The smallest absolute Gasteiger partial charge is 0.252 e. The second-order valence-electron chi connectivity index (χ2n) is 33.9. The number of hydrogen-bond donors (Lipinski definition) is 0. The number of nitrogens with zero attached hydrogens (tertiary/aromatic N) is 3. The van der Waals surface area contributed by atoms with Crippen molar-refractivity contribution in [2.45, 2.75) is 119 Å². The Balaban J connectivity index is 1.06. The van der Waals surface area contributed by atoms with E-state index in [4.69, 9.17) is 0 Å². The lowest BCUT2D eigenvalue weighted by atomic mass is 9.33. The maximum absolute atomic E-state index is 2.73. The van der Waals surface area contributed by atoms with Gasteiger partial charge in [0.2, 0.25) is 0 Å². The van der Waals surface area contributed by atoms with E-state index in [0.717, 1.165) is 78.8 Å². The summed E-state index contributed by atoms with van der Waals surface area (Å²) in [7, 11) is 0. The highest BCUT2D eigenvalue weighted by Gasteiger charge is 2.46. The Morgan fingerprint density at radius 2 is 0.642 bits per heavy atom. The van der Waals surface area contributed by atoms with Crippen molar-refractivity contribution >= 4 is 79.0 Å². The topological polar surface area (TPSA) is 11.4 Å². The lowest BCUT2D eigenvalue weighted by Crippen LogP contribution is -2.61. The summed E-state index contributed by atoms with van der Waals surface area (Å²) in [5.41, 5.74) is 37.6. The van der Waals surface area contributed by atoms with Gasteiger partial charge in [0.05, 0.1) is 22.4 Å². The van der Waals surface area contributed by atoms with Crippen LogP contribution >= 0.6 is 0 Å². The van der Waals surface area contributed by atoms with Gasteiger partial charge in [-0.2, -0.15) is 0 Å². The van der Waals surface area contributed by atoms with E-state index in [2.05, 4.69) is 415 Å². The number of aromatic nitrogens is 1. The number of fused-ring (bicyclic) bond motifs is 7. The number of hydrogen-bond acceptors (Lipinski definition) is 2. The van der Waals surface area contributed by atoms with Gasteiger partial charge in [0, 0.05) is 61.5 Å². The molecule has 2 aliphatic heterocycles. The van der Waals surface area contributed by atoms with Crippen molar-refractivity contribution < 1.29 is 0 Å². The van der Waals surface area contributed by atoms with Gasteiger partial charge in [-0.3, -0.25) is 0 Å². The maximum atomic E-state index is 2.73. The lowest BCUT2D eigenvalue weighted by molar-refractivity contribution is 0.590. The molecule has 0 unspecified atom stereocenters. The van der Waals surface area contributed by atoms with Crippen LogP contribution in [0, 0.1) is 13.8 Å². The predicted octanol–water partition coefficient (Wildman–Crippen LogP) is 26.3. The van der Waals surface area contributed by atoms with Crippen LogP contribution in [0.15, 0.2) is 303 Å². The average Bonchev–Trinajstić information content (AvgIpc) is 0.770. The first-order valence-corrected chi connectivity index (χ1v) is 37.9. The molecule has 0 fully saturated rings. The zero-order valence-corrected chi connectivity index (χ0v) is 63.8. The highest BCUT2D eigenvalue weighted by atomic mass is 15.2. The van der Waals surface area contributed by atoms with Gasteiger partial charge in [-0.15, -0.1) is 0 Å². The Bertz CT molecular complexity index is 5810. The number of rotatable bonds is 10. The van der Waals surface area contributed by atoms with E-state index in [0.29, 0.717) is 0 Å². The van der Waals surface area contributed by atoms with E-state index in [1.54, 1.807) is 0 Å². The fourth-order valence-electron chi connectivity index (χ4n) is 17.0. The number of anilines is 6. The molecule has 17 rings (SSSR count). The predicted molar refractivity (Wildman–Crippen MR) is 457 cm³/mol. The van der Waals surface area contributed by atoms with Crippen molar-refractivity contribution in [3.63, 3.8) is 0 Å². The lowest BCUT2D eigenvalue weighted by Gasteiger charge is -2.46. The molecule has 1 aromatic heterocycles. The molecule has 2 aliphatic rings. The molecule has 3 heterocycles. The summed E-state index contributed by atoms with van der Waals surface area (Å²) in [5.74, 6) is 0. The molecule has 0 radical (unpaired) electrons. The first-order chi connectivity index (χ1) is 50.9. The van der Waals surface area contributed by atoms with E-state index >= 15 is 0 Å². The number of aryl methyl sites for hydroxylation is 2. The van der Waals surface area contributed by atoms with Crippen molar-refractivity contribution in [1.82, 2.24) is 4.57 Å². The third kappa shape index (κ3) is 11.8. The van der Waals surface area contributed by atoms with Crippen LogP contribution in [-0.4, -0.2) is 11.3 Å². The molecule has 0 amide bonds. The molecule has 15 aromatic rings. The van der Waals surface area contributed by atoms with Gasteiger partial charge in [-0.1, -0.05) is 343 Å². The summed E-state index contributed by atoms with van der Waals surface area (Å²) in [4.78, 5) is 5.45. The van der Waals surface area contributed by atoms with E-state index in [-0.39, 0.29) is 28.4 Å². The van der Waals surface area contributed by atoms with Crippen molar-refractivity contribution in [1.29, 1.82) is 0 Å². The highest BCUT2D eigenvalue weighted by Crippen LogP contribution is 2.55. The Morgan fingerprint density at radius 3 is 1.09 bits per heavy atom. The molecule has 106 heavy (non-hydrogen) atoms. The normalized spacial score (nSPS) is 12.9. The zero-order chi connectivity index (χ0) is 73.3. The second kappa shape index (κ2) is 25.7. The van der Waals surface area contributed by atoms with Crippen LogP contribution in [-0.2, 0) is 21.7 Å². The second-order valence-corrected chi connectivity index (χ2v) is 33.9. The van der Waals surface area contributed by atoms with Gasteiger partial charge < -0.3 is 14.4 Å². The summed E-state index contributed by atoms with van der Waals surface area (Å²) >= 11 is 0. The van der Waals surface area contributed by atoms with Crippen LogP contribution < -0.4 is 26.2 Å². The van der Waals surface area contributed by atoms with E-state index in [9.17, 15) is 0 Å². The minimum atomic E-state index is -0.282. The molecule has 0 spiro atoms. The van der Waals surface area contributed by atoms with Crippen molar-refractivity contribution in [3.05, 3.63) is 337 Å². The van der Waals surface area contributed by atoms with Crippen LogP contribution in [0.4, 0.5) is 34.1 Å². The Hall–Kier alpha value is -11.5. The summed E-state index contributed by atoms with van der Waals surface area (Å²) in [6.45, 7) is 32.2. The number of benzene rings is 14. The van der Waals surface area contributed by atoms with Crippen LogP contribution in [0.3, 0.4) is 0 Å². The van der Waals surface area contributed by atoms with Crippen LogP contribution in [0.2, 0.25) is 0 Å². The zero-order valence-electron chi connectivity index (χ0n) is 63.8. The van der Waals surface area contributed by atoms with Crippen LogP contribution in [0.25, 0.3) is 105 Å². The molecule has 0 saturated heterocycles. The van der Waals surface area contributed by atoms with E-state index in [1.165, 1.54) is 111 Å². The highest BCUT2D eigenvalue weighted by molar-refractivity contribution is 7.00. The molecule has 14 aromatic carbocycles. The molecule has 4 heteroatoms. The number of para-hydroxylation sites is 4. The van der Waals surface area contributed by atoms with Gasteiger partial charge in [-0.25, -0.2) is 0 Å². The molecule has 518 valence electrons. The van der Waals surface area contributed by atoms with E-state index in [1.807, 2.05) is 0 Å². The largest absolute Gasteiger partial charge is 0.310 e. The standard InChI is InChI=1S/C102H92BN3/c1-65-50-53-80(66(2)56-65)72-51-54-90-87(61-72)103-88-62-73(81-43-29-49-92-95(81)86-42-21-22-48-89(86)104(92)79-40-19-16-20-41-79)52-55-91(88)106(98-84(70-34-25-38-77(59-70)101(9,10)11)46-28-47-85(98)71-35-26-39-78(60-71)102(12,13)14)94-64-74(67-30-17-15-18-31-67)63-93(96(94)103)105(90)97-82(68-32-23-36-75(57-68)99(3,4)5)44-27-45-83(97)69-33-24-37-76(58-69)100(6,7)8/h15-64H,1-14H3. The van der Waals surface area contributed by atoms with E-state index < -0.39 is 0 Å². The van der Waals surface area contributed by atoms with Gasteiger partial charge in [-0.05, 0) is 184 Å². The fourth-order valence-corrected chi connectivity index (χ4v) is 17.0. The molecule has 0 aliphatic carbocycles. The SMILES string of the molecule is Cc1ccc(-c2ccc3c(c2)B2c4cc(-c5cccc6c5c5ccccc5n6-c5ccccc5)ccc4N(c4c(-c5cccc(C(C)(C)C)c5)cccc4-c4cccc(C(C)(C)C)c4)c4cc(-c5ccccc5)cc(c42)N3c2c(-c3cccc(C(C)(C)C)c3)cccc2-c2cccc(C(C)(C)C)c2)c(C)c1. The van der Waals surface area contributed by atoms with Gasteiger partial charge in [0.15, 0.2) is 0 Å². The maximum Gasteiger partial charge on any atom is 0.252 e. The molecular formula is C102H92BN3. The monoisotopic (exact) mass is 1370 g/mol. The molecular weight excluding hydrogens is 1280 g/mol. The minimum Gasteiger partial charge on any atom is -0.310 e. The third-order valence-electron chi connectivity index (χ3n) is 22.6. The molecule has 0 atom stereocenters. The first kappa shape index (κ1) is 67.7. The van der Waals surface area contributed by atoms with Gasteiger partial charge >= 0.3 is 0 Å². The summed E-state index contributed by atoms with van der Waals surface area (Å²) in [6, 6.07) is 117. The minimum absolute atomic E-state index is 0.106. The fraction of sp³-hybridized carbons (Fsp3) is 0.176. The third-order valence-corrected chi connectivity index (χ3v) is 22.6. The van der Waals surface area contributed by atoms with Crippen LogP contribution in [0.5, 0.6) is 0 Å². The van der Waals surface area contributed by atoms with Crippen molar-refractivity contribution in [2.75, 3.05) is 9.80 Å². The average molecular weight is 1370 g/mol. The van der Waals surface area contributed by atoms with Gasteiger partial charge in [0.1, 0.15) is 0 Å². The molecule has 3 nitrogen and oxygen atoms in total. The molecule has 0 saturated carbocycles. The Morgan fingerprint density at radius 1 is 0.264 bits per heavy atom. The quantitative estimate of drug-likeness (QED) is 0.126. The van der Waals surface area contributed by atoms with Crippen LogP contribution in [0.1, 0.15) is 116 Å². The Kier molecular flexibility index (Phi) is 16.4. The summed E-state index contributed by atoms with van der Waals surface area (Å²) < 4.78 is 2.45. The van der Waals surface area contributed by atoms with Gasteiger partial charge in [0.25, 0.3) is 6.71 Å². The first-order valence-electron chi connectivity index (χ1n) is 37.9. The Labute approximate surface area is 628 Å². The van der Waals surface area contributed by atoms with Crippen molar-refractivity contribution in [2.24, 2.45) is 0 Å².